The van der Waals surface area contributed by atoms with Crippen LogP contribution in [0, 0.1) is 20.8 Å². The van der Waals surface area contributed by atoms with E-state index in [2.05, 4.69) is 15.1 Å². The Morgan fingerprint density at radius 2 is 2.15 bits per heavy atom. The van der Waals surface area contributed by atoms with Crippen molar-refractivity contribution in [3.05, 3.63) is 35.1 Å². The highest BCUT2D eigenvalue weighted by atomic mass is 16.5. The first-order chi connectivity index (χ1) is 12.3. The maximum atomic E-state index is 12.7. The van der Waals surface area contributed by atoms with E-state index in [0.29, 0.717) is 30.0 Å². The Bertz CT molecular complexity index is 786. The maximum absolute atomic E-state index is 12.7. The van der Waals surface area contributed by atoms with E-state index < -0.39 is 5.60 Å². The van der Waals surface area contributed by atoms with Crippen molar-refractivity contribution in [1.82, 2.24) is 20.0 Å². The predicted octanol–water partition coefficient (Wildman–Crippen LogP) is 1.49. The molecule has 1 atom stereocenters. The summed E-state index contributed by atoms with van der Waals surface area (Å²) in [5.74, 6) is 1.10. The van der Waals surface area contributed by atoms with E-state index in [1.807, 2.05) is 17.9 Å². The van der Waals surface area contributed by atoms with Crippen LogP contribution in [-0.2, 0) is 0 Å². The molecule has 0 aliphatic carbocycles. The lowest BCUT2D eigenvalue weighted by molar-refractivity contribution is -0.000210. The highest BCUT2D eigenvalue weighted by Crippen LogP contribution is 2.26. The second-order valence-corrected chi connectivity index (χ2v) is 7.13. The van der Waals surface area contributed by atoms with E-state index in [1.54, 1.807) is 25.8 Å². The number of aromatic nitrogens is 3. The topological polar surface area (TPSA) is 95.6 Å². The Balaban J connectivity index is 1.72. The number of aryl methyl sites for hydroxylation is 3. The predicted molar refractivity (Wildman–Crippen MR) is 96.1 cm³/mol. The first kappa shape index (κ1) is 18.3. The molecule has 1 aliphatic heterocycles. The van der Waals surface area contributed by atoms with Gasteiger partial charge >= 0.3 is 0 Å². The number of likely N-dealkylation sites (N-methyl/N-ethyl adjacent to an activating group) is 1. The van der Waals surface area contributed by atoms with Crippen molar-refractivity contribution in [2.24, 2.45) is 0 Å². The fraction of sp³-hybridized carbons (Fsp3) is 0.556. The molecular weight excluding hydrogens is 334 g/mol. The molecule has 140 valence electrons. The maximum Gasteiger partial charge on any atom is 0.259 e. The van der Waals surface area contributed by atoms with Gasteiger partial charge in [0.15, 0.2) is 0 Å². The minimum Gasteiger partial charge on any atom is -0.386 e. The number of nitrogens with zero attached hydrogens (tertiary/aromatic N) is 5. The molecule has 1 saturated heterocycles. The molecule has 0 bridgehead atoms. The second-order valence-electron chi connectivity index (χ2n) is 7.13. The molecule has 0 spiro atoms. The summed E-state index contributed by atoms with van der Waals surface area (Å²) in [7, 11) is 1.69. The number of anilines is 1. The van der Waals surface area contributed by atoms with Gasteiger partial charge in [-0.3, -0.25) is 4.79 Å². The first-order valence-corrected chi connectivity index (χ1v) is 8.73. The summed E-state index contributed by atoms with van der Waals surface area (Å²) in [6.07, 6.45) is 2.99. The van der Waals surface area contributed by atoms with Crippen molar-refractivity contribution in [3.8, 4) is 0 Å². The number of β-amino-alcohol motifs (C(OH)–C–C–N with tert-alkyl or cyclic N) is 1. The Morgan fingerprint density at radius 3 is 2.81 bits per heavy atom. The van der Waals surface area contributed by atoms with Crippen molar-refractivity contribution in [2.45, 2.75) is 39.2 Å². The highest BCUT2D eigenvalue weighted by Gasteiger charge is 2.36. The van der Waals surface area contributed by atoms with Crippen LogP contribution in [0.25, 0.3) is 0 Å². The van der Waals surface area contributed by atoms with E-state index in [-0.39, 0.29) is 12.5 Å². The van der Waals surface area contributed by atoms with Gasteiger partial charge in [0.1, 0.15) is 23.5 Å². The van der Waals surface area contributed by atoms with Gasteiger partial charge in [-0.05, 0) is 33.6 Å². The molecule has 8 heteroatoms. The largest absolute Gasteiger partial charge is 0.386 e. The normalized spacial score (nSPS) is 20.3. The number of hydrogen-bond acceptors (Lipinski definition) is 7. The average Bonchev–Trinajstić information content (AvgIpc) is 2.92. The van der Waals surface area contributed by atoms with Crippen molar-refractivity contribution in [1.29, 1.82) is 0 Å². The third-order valence-corrected chi connectivity index (χ3v) is 4.79. The summed E-state index contributed by atoms with van der Waals surface area (Å²) in [4.78, 5) is 24.8. The van der Waals surface area contributed by atoms with Crippen molar-refractivity contribution in [2.75, 3.05) is 31.6 Å². The lowest BCUT2D eigenvalue weighted by Crippen LogP contribution is -2.55. The number of aliphatic hydroxyl groups is 1. The molecule has 1 fully saturated rings. The number of hydrogen-bond donors (Lipinski definition) is 1. The van der Waals surface area contributed by atoms with Crippen molar-refractivity contribution < 1.29 is 14.4 Å². The van der Waals surface area contributed by atoms with Crippen LogP contribution in [0.2, 0.25) is 0 Å². The molecule has 0 aromatic carbocycles. The van der Waals surface area contributed by atoms with Crippen LogP contribution >= 0.6 is 0 Å². The zero-order chi connectivity index (χ0) is 18.9. The third-order valence-electron chi connectivity index (χ3n) is 4.79. The molecule has 0 saturated carbocycles. The zero-order valence-corrected chi connectivity index (χ0v) is 15.7. The molecule has 3 rings (SSSR count). The van der Waals surface area contributed by atoms with Crippen molar-refractivity contribution >= 4 is 11.7 Å². The van der Waals surface area contributed by atoms with Gasteiger partial charge in [0, 0.05) is 31.9 Å². The standard InChI is InChI=1S/C18H25N5O3/c1-12-8-15(20-11-19-12)23-7-5-6-18(25,10-23)9-22(4)17(24)16-13(2)21-26-14(16)3/h8,11,25H,5-7,9-10H2,1-4H3. The summed E-state index contributed by atoms with van der Waals surface area (Å²) in [6, 6.07) is 1.91. The molecule has 8 nitrogen and oxygen atoms in total. The molecule has 1 amide bonds. The minimum atomic E-state index is -1.000. The van der Waals surface area contributed by atoms with Gasteiger partial charge in [-0.2, -0.15) is 0 Å². The molecule has 26 heavy (non-hydrogen) atoms. The van der Waals surface area contributed by atoms with Gasteiger partial charge in [0.2, 0.25) is 0 Å². The molecular formula is C18H25N5O3. The molecule has 1 N–H and O–H groups in total. The SMILES string of the molecule is Cc1cc(N2CCCC(O)(CN(C)C(=O)c3c(C)noc3C)C2)ncn1. The molecule has 2 aromatic rings. The summed E-state index contributed by atoms with van der Waals surface area (Å²) in [5.41, 5.74) is 0.915. The molecule has 0 radical (unpaired) electrons. The summed E-state index contributed by atoms with van der Waals surface area (Å²) in [5, 5.41) is 14.9. The van der Waals surface area contributed by atoms with E-state index in [0.717, 1.165) is 24.5 Å². The fourth-order valence-corrected chi connectivity index (χ4v) is 3.54. The van der Waals surface area contributed by atoms with Crippen LogP contribution in [0.5, 0.6) is 0 Å². The number of carbonyl (C=O) groups is 1. The van der Waals surface area contributed by atoms with E-state index in [9.17, 15) is 9.90 Å². The summed E-state index contributed by atoms with van der Waals surface area (Å²) >= 11 is 0. The number of amides is 1. The average molecular weight is 359 g/mol. The monoisotopic (exact) mass is 359 g/mol. The van der Waals surface area contributed by atoms with Crippen LogP contribution in [-0.4, -0.2) is 63.3 Å². The van der Waals surface area contributed by atoms with Gasteiger partial charge in [-0.15, -0.1) is 0 Å². The molecule has 1 unspecified atom stereocenters. The van der Waals surface area contributed by atoms with Gasteiger partial charge in [0.05, 0.1) is 17.8 Å². The Hall–Kier alpha value is -2.48. The van der Waals surface area contributed by atoms with Crippen LogP contribution in [0.1, 0.15) is 40.3 Å². The smallest absolute Gasteiger partial charge is 0.259 e. The Kier molecular flexibility index (Phi) is 4.95. The van der Waals surface area contributed by atoms with Gasteiger partial charge in [-0.1, -0.05) is 5.16 Å². The number of rotatable bonds is 4. The van der Waals surface area contributed by atoms with Crippen LogP contribution in [0.15, 0.2) is 16.9 Å². The Labute approximate surface area is 152 Å². The number of piperidine rings is 1. The second kappa shape index (κ2) is 7.03. The third kappa shape index (κ3) is 3.70. The van der Waals surface area contributed by atoms with Crippen molar-refractivity contribution in [3.63, 3.8) is 0 Å². The minimum absolute atomic E-state index is 0.190. The Morgan fingerprint density at radius 1 is 1.38 bits per heavy atom. The number of carbonyl (C=O) groups excluding carboxylic acids is 1. The van der Waals surface area contributed by atoms with E-state index in [4.69, 9.17) is 4.52 Å². The van der Waals surface area contributed by atoms with Crippen LogP contribution in [0.3, 0.4) is 0 Å². The zero-order valence-electron chi connectivity index (χ0n) is 15.7. The van der Waals surface area contributed by atoms with Gasteiger partial charge in [0.25, 0.3) is 5.91 Å². The highest BCUT2D eigenvalue weighted by molar-refractivity contribution is 5.96. The molecule has 3 heterocycles. The van der Waals surface area contributed by atoms with E-state index >= 15 is 0 Å². The quantitative estimate of drug-likeness (QED) is 0.883. The lowest BCUT2D eigenvalue weighted by atomic mass is 9.92. The lowest BCUT2D eigenvalue weighted by Gasteiger charge is -2.41. The van der Waals surface area contributed by atoms with Gasteiger partial charge < -0.3 is 19.4 Å². The van der Waals surface area contributed by atoms with E-state index in [1.165, 1.54) is 6.33 Å². The molecule has 1 aliphatic rings. The first-order valence-electron chi connectivity index (χ1n) is 8.73. The molecule has 2 aromatic heterocycles. The summed E-state index contributed by atoms with van der Waals surface area (Å²) in [6.45, 7) is 6.85. The fourth-order valence-electron chi connectivity index (χ4n) is 3.54. The van der Waals surface area contributed by atoms with Crippen LogP contribution in [0.4, 0.5) is 5.82 Å². The van der Waals surface area contributed by atoms with Gasteiger partial charge in [-0.25, -0.2) is 9.97 Å². The summed E-state index contributed by atoms with van der Waals surface area (Å²) < 4.78 is 5.09. The van der Waals surface area contributed by atoms with Crippen LogP contribution < -0.4 is 4.90 Å².